The van der Waals surface area contributed by atoms with Gasteiger partial charge in [-0.2, -0.15) is 4.98 Å². The Kier molecular flexibility index (Phi) is 2.49. The minimum atomic E-state index is 0.475. The Labute approximate surface area is 88.4 Å². The molecule has 0 aliphatic carbocycles. The average Bonchev–Trinajstić information content (AvgIpc) is 2.29. The van der Waals surface area contributed by atoms with E-state index < -0.39 is 0 Å². The van der Waals surface area contributed by atoms with Crippen molar-refractivity contribution in [3.05, 3.63) is 42.6 Å². The fourth-order valence-corrected chi connectivity index (χ4v) is 1.29. The molecule has 0 unspecified atom stereocenters. The molecule has 4 nitrogen and oxygen atoms in total. The van der Waals surface area contributed by atoms with Crippen LogP contribution in [0.25, 0.3) is 0 Å². The van der Waals surface area contributed by atoms with E-state index in [4.69, 9.17) is 5.73 Å². The van der Waals surface area contributed by atoms with Gasteiger partial charge in [-0.15, -0.1) is 0 Å². The third-order valence-corrected chi connectivity index (χ3v) is 2.11. The number of anilines is 3. The SMILES string of the molecule is CN(c1ccccc1)c1nccc(N)n1. The van der Waals surface area contributed by atoms with Gasteiger partial charge in [0.15, 0.2) is 0 Å². The lowest BCUT2D eigenvalue weighted by Gasteiger charge is -2.16. The third-order valence-electron chi connectivity index (χ3n) is 2.11. The van der Waals surface area contributed by atoms with Crippen LogP contribution in [-0.4, -0.2) is 17.0 Å². The number of hydrogen-bond donors (Lipinski definition) is 1. The predicted octanol–water partition coefficient (Wildman–Crippen LogP) is 1.83. The fourth-order valence-electron chi connectivity index (χ4n) is 1.29. The van der Waals surface area contributed by atoms with Crippen molar-refractivity contribution in [2.75, 3.05) is 17.7 Å². The Hall–Kier alpha value is -2.10. The first-order valence-electron chi connectivity index (χ1n) is 4.64. The topological polar surface area (TPSA) is 55.0 Å². The van der Waals surface area contributed by atoms with Crippen LogP contribution in [0.1, 0.15) is 0 Å². The molecule has 4 heteroatoms. The Balaban J connectivity index is 2.32. The highest BCUT2D eigenvalue weighted by atomic mass is 15.2. The van der Waals surface area contributed by atoms with Crippen LogP contribution in [-0.2, 0) is 0 Å². The van der Waals surface area contributed by atoms with E-state index in [-0.39, 0.29) is 0 Å². The van der Waals surface area contributed by atoms with E-state index in [1.165, 1.54) is 0 Å². The van der Waals surface area contributed by atoms with Crippen LogP contribution in [0.2, 0.25) is 0 Å². The van der Waals surface area contributed by atoms with E-state index >= 15 is 0 Å². The highest BCUT2D eigenvalue weighted by Crippen LogP contribution is 2.19. The summed E-state index contributed by atoms with van der Waals surface area (Å²) >= 11 is 0. The molecular weight excluding hydrogens is 188 g/mol. The van der Waals surface area contributed by atoms with Crippen LogP contribution in [0.3, 0.4) is 0 Å². The summed E-state index contributed by atoms with van der Waals surface area (Å²) in [5.41, 5.74) is 6.63. The summed E-state index contributed by atoms with van der Waals surface area (Å²) in [5.74, 6) is 1.07. The van der Waals surface area contributed by atoms with Gasteiger partial charge >= 0.3 is 0 Å². The number of benzene rings is 1. The number of nitrogens with zero attached hydrogens (tertiary/aromatic N) is 3. The molecule has 0 fully saturated rings. The molecule has 0 bridgehead atoms. The molecule has 1 heterocycles. The summed E-state index contributed by atoms with van der Waals surface area (Å²) in [4.78, 5) is 10.2. The van der Waals surface area contributed by atoms with Crippen molar-refractivity contribution in [1.29, 1.82) is 0 Å². The first-order chi connectivity index (χ1) is 7.27. The molecule has 0 aliphatic heterocycles. The molecular formula is C11H12N4. The smallest absolute Gasteiger partial charge is 0.231 e. The quantitative estimate of drug-likeness (QED) is 0.803. The second-order valence-corrected chi connectivity index (χ2v) is 3.18. The molecule has 1 aromatic heterocycles. The normalized spacial score (nSPS) is 9.93. The Morgan fingerprint density at radius 1 is 1.13 bits per heavy atom. The van der Waals surface area contributed by atoms with Gasteiger partial charge < -0.3 is 10.6 Å². The molecule has 2 aromatic rings. The van der Waals surface area contributed by atoms with Crippen LogP contribution in [0.5, 0.6) is 0 Å². The molecule has 0 atom stereocenters. The number of nitrogens with two attached hydrogens (primary N) is 1. The molecule has 0 saturated heterocycles. The lowest BCUT2D eigenvalue weighted by Crippen LogP contribution is -2.13. The zero-order valence-corrected chi connectivity index (χ0v) is 8.46. The van der Waals surface area contributed by atoms with Crippen molar-refractivity contribution in [1.82, 2.24) is 9.97 Å². The van der Waals surface area contributed by atoms with Crippen molar-refractivity contribution in [2.45, 2.75) is 0 Å². The molecule has 0 aliphatic rings. The summed E-state index contributed by atoms with van der Waals surface area (Å²) in [6.45, 7) is 0. The Morgan fingerprint density at radius 3 is 2.53 bits per heavy atom. The molecule has 0 radical (unpaired) electrons. The summed E-state index contributed by atoms with van der Waals surface area (Å²) in [6, 6.07) is 11.6. The van der Waals surface area contributed by atoms with Gasteiger partial charge in [0, 0.05) is 18.9 Å². The van der Waals surface area contributed by atoms with E-state index in [9.17, 15) is 0 Å². The van der Waals surface area contributed by atoms with Crippen LogP contribution >= 0.6 is 0 Å². The summed E-state index contributed by atoms with van der Waals surface area (Å²) in [6.07, 6.45) is 1.65. The van der Waals surface area contributed by atoms with E-state index in [1.807, 2.05) is 42.3 Å². The van der Waals surface area contributed by atoms with Gasteiger partial charge in [0.05, 0.1) is 0 Å². The number of hydrogen-bond acceptors (Lipinski definition) is 4. The van der Waals surface area contributed by atoms with Crippen molar-refractivity contribution in [3.63, 3.8) is 0 Å². The van der Waals surface area contributed by atoms with Gasteiger partial charge in [0.1, 0.15) is 5.82 Å². The van der Waals surface area contributed by atoms with E-state index in [1.54, 1.807) is 12.3 Å². The van der Waals surface area contributed by atoms with Gasteiger partial charge in [-0.25, -0.2) is 4.98 Å². The van der Waals surface area contributed by atoms with Crippen molar-refractivity contribution in [2.24, 2.45) is 0 Å². The van der Waals surface area contributed by atoms with E-state index in [0.29, 0.717) is 11.8 Å². The molecule has 2 N–H and O–H groups in total. The average molecular weight is 200 g/mol. The summed E-state index contributed by atoms with van der Waals surface area (Å²) in [5, 5.41) is 0. The van der Waals surface area contributed by atoms with E-state index in [2.05, 4.69) is 9.97 Å². The third kappa shape index (κ3) is 2.04. The number of rotatable bonds is 2. The largest absolute Gasteiger partial charge is 0.384 e. The molecule has 15 heavy (non-hydrogen) atoms. The van der Waals surface area contributed by atoms with E-state index in [0.717, 1.165) is 5.69 Å². The first kappa shape index (κ1) is 9.45. The number of nitrogen functional groups attached to an aromatic ring is 1. The van der Waals surface area contributed by atoms with Gasteiger partial charge in [0.2, 0.25) is 5.95 Å². The lowest BCUT2D eigenvalue weighted by molar-refractivity contribution is 1.05. The standard InChI is InChI=1S/C11H12N4/c1-15(9-5-3-2-4-6-9)11-13-8-7-10(12)14-11/h2-8H,1H3,(H2,12,13,14). The maximum absolute atomic E-state index is 5.60. The zero-order chi connectivity index (χ0) is 10.7. The molecule has 0 saturated carbocycles. The maximum Gasteiger partial charge on any atom is 0.231 e. The predicted molar refractivity (Wildman–Crippen MR) is 60.9 cm³/mol. The van der Waals surface area contributed by atoms with Gasteiger partial charge in [-0.1, -0.05) is 18.2 Å². The summed E-state index contributed by atoms with van der Waals surface area (Å²) in [7, 11) is 1.91. The lowest BCUT2D eigenvalue weighted by atomic mass is 10.3. The van der Waals surface area contributed by atoms with Gasteiger partial charge in [-0.05, 0) is 18.2 Å². The fraction of sp³-hybridized carbons (Fsp3) is 0.0909. The second-order valence-electron chi connectivity index (χ2n) is 3.18. The highest BCUT2D eigenvalue weighted by Gasteiger charge is 2.05. The van der Waals surface area contributed by atoms with Crippen LogP contribution < -0.4 is 10.6 Å². The van der Waals surface area contributed by atoms with Crippen LogP contribution in [0.15, 0.2) is 42.6 Å². The zero-order valence-electron chi connectivity index (χ0n) is 8.46. The van der Waals surface area contributed by atoms with Gasteiger partial charge in [-0.3, -0.25) is 0 Å². The maximum atomic E-state index is 5.60. The number of para-hydroxylation sites is 1. The minimum absolute atomic E-state index is 0.475. The summed E-state index contributed by atoms with van der Waals surface area (Å²) < 4.78 is 0. The Bertz CT molecular complexity index is 441. The molecule has 1 aromatic carbocycles. The van der Waals surface area contributed by atoms with Gasteiger partial charge in [0.25, 0.3) is 0 Å². The Morgan fingerprint density at radius 2 is 1.87 bits per heavy atom. The van der Waals surface area contributed by atoms with Crippen LogP contribution in [0, 0.1) is 0 Å². The first-order valence-corrected chi connectivity index (χ1v) is 4.64. The monoisotopic (exact) mass is 200 g/mol. The van der Waals surface area contributed by atoms with Crippen molar-refractivity contribution < 1.29 is 0 Å². The number of aromatic nitrogens is 2. The second kappa shape index (κ2) is 3.96. The van der Waals surface area contributed by atoms with Crippen LogP contribution in [0.4, 0.5) is 17.5 Å². The molecule has 76 valence electrons. The minimum Gasteiger partial charge on any atom is -0.384 e. The molecule has 0 spiro atoms. The van der Waals surface area contributed by atoms with Crippen molar-refractivity contribution in [3.8, 4) is 0 Å². The highest BCUT2D eigenvalue weighted by molar-refractivity contribution is 5.56. The van der Waals surface area contributed by atoms with Crippen molar-refractivity contribution >= 4 is 17.5 Å². The molecule has 2 rings (SSSR count). The molecule has 0 amide bonds.